The van der Waals surface area contributed by atoms with Crippen LogP contribution in [0.5, 0.6) is 5.75 Å². The lowest BCUT2D eigenvalue weighted by atomic mass is 10.0. The van der Waals surface area contributed by atoms with E-state index in [1.165, 1.54) is 5.56 Å². The zero-order valence-electron chi connectivity index (χ0n) is 14.9. The molecule has 0 amide bonds. The van der Waals surface area contributed by atoms with Gasteiger partial charge in [0.1, 0.15) is 12.4 Å². The van der Waals surface area contributed by atoms with Crippen LogP contribution < -0.4 is 15.4 Å². The van der Waals surface area contributed by atoms with E-state index in [-0.39, 0.29) is 5.60 Å². The molecule has 1 atom stereocenters. The second-order valence-corrected chi connectivity index (χ2v) is 6.17. The lowest BCUT2D eigenvalue weighted by Crippen LogP contribution is -2.45. The van der Waals surface area contributed by atoms with E-state index in [0.717, 1.165) is 37.7 Å². The van der Waals surface area contributed by atoms with E-state index >= 15 is 0 Å². The molecule has 0 aromatic heterocycles. The fourth-order valence-corrected chi connectivity index (χ4v) is 2.60. The number of ether oxygens (including phenoxy) is 3. The van der Waals surface area contributed by atoms with Crippen molar-refractivity contribution in [3.63, 3.8) is 0 Å². The van der Waals surface area contributed by atoms with E-state index in [0.29, 0.717) is 19.8 Å². The molecule has 1 aliphatic rings. The molecular formula is C18H29N3O3. The molecule has 2 N–H and O–H groups in total. The second-order valence-electron chi connectivity index (χ2n) is 6.17. The molecule has 1 saturated heterocycles. The fraction of sp³-hybridized carbons (Fsp3) is 0.611. The average Bonchev–Trinajstić information content (AvgIpc) is 3.03. The third-order valence-electron chi connectivity index (χ3n) is 4.09. The minimum atomic E-state index is -0.0845. The molecule has 1 heterocycles. The maximum absolute atomic E-state index is 5.78. The first-order chi connectivity index (χ1) is 11.6. The Hall–Kier alpha value is -1.79. The quantitative estimate of drug-likeness (QED) is 0.432. The largest absolute Gasteiger partial charge is 0.491 e. The minimum Gasteiger partial charge on any atom is -0.491 e. The van der Waals surface area contributed by atoms with Crippen molar-refractivity contribution in [3.8, 4) is 5.75 Å². The number of aliphatic imine (C=N–C) groups is 1. The standard InChI is InChI=1S/C18H29N3O3/c1-18(9-4-10-24-18)14-21-17(19-2)20-13-15-5-7-16(8-6-15)23-12-11-22-3/h5-8H,4,9-14H2,1-3H3,(H2,19,20,21). The van der Waals surface area contributed by atoms with Gasteiger partial charge in [0, 0.05) is 33.9 Å². The van der Waals surface area contributed by atoms with E-state index in [1.54, 1.807) is 14.2 Å². The second kappa shape index (κ2) is 9.49. The fourth-order valence-electron chi connectivity index (χ4n) is 2.60. The highest BCUT2D eigenvalue weighted by Crippen LogP contribution is 2.23. The number of hydrogen-bond donors (Lipinski definition) is 2. The Bertz CT molecular complexity index is 511. The smallest absolute Gasteiger partial charge is 0.191 e. The van der Waals surface area contributed by atoms with Gasteiger partial charge >= 0.3 is 0 Å². The van der Waals surface area contributed by atoms with Gasteiger partial charge in [-0.3, -0.25) is 4.99 Å². The van der Waals surface area contributed by atoms with E-state index < -0.39 is 0 Å². The highest BCUT2D eigenvalue weighted by atomic mass is 16.5. The lowest BCUT2D eigenvalue weighted by molar-refractivity contribution is 0.0243. The van der Waals surface area contributed by atoms with Gasteiger partial charge in [-0.25, -0.2) is 0 Å². The maximum atomic E-state index is 5.78. The molecule has 1 aromatic rings. The van der Waals surface area contributed by atoms with Gasteiger partial charge in [0.25, 0.3) is 0 Å². The Labute approximate surface area is 144 Å². The Morgan fingerprint density at radius 3 is 2.67 bits per heavy atom. The summed E-state index contributed by atoms with van der Waals surface area (Å²) in [5.74, 6) is 1.64. The first-order valence-electron chi connectivity index (χ1n) is 8.44. The lowest BCUT2D eigenvalue weighted by Gasteiger charge is -2.24. The van der Waals surface area contributed by atoms with Crippen molar-refractivity contribution in [3.05, 3.63) is 29.8 Å². The number of nitrogens with zero attached hydrogens (tertiary/aromatic N) is 1. The van der Waals surface area contributed by atoms with E-state index in [1.807, 2.05) is 24.3 Å². The predicted octanol–water partition coefficient (Wildman–Crippen LogP) is 1.95. The molecule has 0 bridgehead atoms. The van der Waals surface area contributed by atoms with Crippen LogP contribution >= 0.6 is 0 Å². The first-order valence-corrected chi connectivity index (χ1v) is 8.44. The average molecular weight is 335 g/mol. The van der Waals surface area contributed by atoms with Gasteiger partial charge in [-0.15, -0.1) is 0 Å². The molecule has 134 valence electrons. The van der Waals surface area contributed by atoms with E-state index in [4.69, 9.17) is 14.2 Å². The third kappa shape index (κ3) is 6.02. The van der Waals surface area contributed by atoms with Crippen LogP contribution in [-0.4, -0.2) is 52.1 Å². The van der Waals surface area contributed by atoms with Crippen LogP contribution in [0.3, 0.4) is 0 Å². The van der Waals surface area contributed by atoms with Crippen molar-refractivity contribution < 1.29 is 14.2 Å². The van der Waals surface area contributed by atoms with Crippen LogP contribution in [0.25, 0.3) is 0 Å². The number of guanidine groups is 1. The van der Waals surface area contributed by atoms with E-state index in [9.17, 15) is 0 Å². The first kappa shape index (κ1) is 18.5. The normalized spacial score (nSPS) is 20.9. The molecule has 1 fully saturated rings. The molecule has 0 radical (unpaired) electrons. The summed E-state index contributed by atoms with van der Waals surface area (Å²) in [5.41, 5.74) is 1.08. The number of benzene rings is 1. The van der Waals surface area contributed by atoms with Gasteiger partial charge in [-0.1, -0.05) is 12.1 Å². The summed E-state index contributed by atoms with van der Waals surface area (Å²) >= 11 is 0. The van der Waals surface area contributed by atoms with Crippen molar-refractivity contribution in [2.45, 2.75) is 31.9 Å². The van der Waals surface area contributed by atoms with Gasteiger partial charge in [-0.2, -0.15) is 0 Å². The van der Waals surface area contributed by atoms with Gasteiger partial charge in [-0.05, 0) is 37.5 Å². The Kier molecular flexibility index (Phi) is 7.34. The topological polar surface area (TPSA) is 64.1 Å². The number of methoxy groups -OCH3 is 1. The summed E-state index contributed by atoms with van der Waals surface area (Å²) in [5, 5.41) is 6.66. The summed E-state index contributed by atoms with van der Waals surface area (Å²) < 4.78 is 16.3. The Morgan fingerprint density at radius 1 is 1.25 bits per heavy atom. The monoisotopic (exact) mass is 335 g/mol. The van der Waals surface area contributed by atoms with Crippen molar-refractivity contribution >= 4 is 5.96 Å². The SMILES string of the molecule is CN=C(NCc1ccc(OCCOC)cc1)NCC1(C)CCCO1. The van der Waals surface area contributed by atoms with Crippen molar-refractivity contribution in [2.24, 2.45) is 4.99 Å². The number of nitrogens with one attached hydrogen (secondary N) is 2. The summed E-state index contributed by atoms with van der Waals surface area (Å²) in [6, 6.07) is 8.03. The van der Waals surface area contributed by atoms with Crippen LogP contribution in [0.15, 0.2) is 29.3 Å². The van der Waals surface area contributed by atoms with Gasteiger partial charge in [0.05, 0.1) is 12.2 Å². The van der Waals surface area contributed by atoms with Crippen LogP contribution in [0.4, 0.5) is 0 Å². The minimum absolute atomic E-state index is 0.0845. The molecule has 6 nitrogen and oxygen atoms in total. The summed E-state index contributed by atoms with van der Waals surface area (Å²) in [4.78, 5) is 4.26. The van der Waals surface area contributed by atoms with Gasteiger partial charge in [0.15, 0.2) is 5.96 Å². The Balaban J connectivity index is 1.74. The summed E-state index contributed by atoms with van der Waals surface area (Å²) in [6.07, 6.45) is 2.21. The van der Waals surface area contributed by atoms with Crippen LogP contribution in [0.1, 0.15) is 25.3 Å². The van der Waals surface area contributed by atoms with Crippen molar-refractivity contribution in [1.29, 1.82) is 0 Å². The number of rotatable bonds is 8. The zero-order valence-corrected chi connectivity index (χ0v) is 14.9. The number of hydrogen-bond acceptors (Lipinski definition) is 4. The van der Waals surface area contributed by atoms with Crippen LogP contribution in [0.2, 0.25) is 0 Å². The molecule has 0 saturated carbocycles. The van der Waals surface area contributed by atoms with Gasteiger partial charge < -0.3 is 24.8 Å². The molecule has 2 rings (SSSR count). The molecule has 1 unspecified atom stereocenters. The Morgan fingerprint density at radius 2 is 2.04 bits per heavy atom. The molecular weight excluding hydrogens is 306 g/mol. The summed E-state index contributed by atoms with van der Waals surface area (Å²) in [7, 11) is 3.44. The zero-order chi connectivity index (χ0) is 17.3. The molecule has 0 spiro atoms. The van der Waals surface area contributed by atoms with Crippen LogP contribution in [0, 0.1) is 0 Å². The van der Waals surface area contributed by atoms with E-state index in [2.05, 4.69) is 22.5 Å². The molecule has 1 aromatic carbocycles. The third-order valence-corrected chi connectivity index (χ3v) is 4.09. The molecule has 24 heavy (non-hydrogen) atoms. The summed E-state index contributed by atoms with van der Waals surface area (Å²) in [6.45, 7) is 5.61. The molecule has 1 aliphatic heterocycles. The predicted molar refractivity (Wildman–Crippen MR) is 95.6 cm³/mol. The van der Waals surface area contributed by atoms with Crippen molar-refractivity contribution in [2.75, 3.05) is 40.5 Å². The molecule has 0 aliphatic carbocycles. The van der Waals surface area contributed by atoms with Gasteiger partial charge in [0.2, 0.25) is 0 Å². The molecule has 6 heteroatoms. The highest BCUT2D eigenvalue weighted by Gasteiger charge is 2.29. The van der Waals surface area contributed by atoms with Crippen molar-refractivity contribution in [1.82, 2.24) is 10.6 Å². The highest BCUT2D eigenvalue weighted by molar-refractivity contribution is 5.79. The maximum Gasteiger partial charge on any atom is 0.191 e. The van der Waals surface area contributed by atoms with Crippen LogP contribution in [-0.2, 0) is 16.0 Å².